The van der Waals surface area contributed by atoms with E-state index < -0.39 is 35.1 Å². The Morgan fingerprint density at radius 3 is 2.79 bits per heavy atom. The zero-order chi connectivity index (χ0) is 24.2. The highest BCUT2D eigenvalue weighted by atomic mass is 35.5. The first kappa shape index (κ1) is 22.1. The largest absolute Gasteiger partial charge is 0.436 e. The molecule has 5 rings (SSSR count). The summed E-state index contributed by atoms with van der Waals surface area (Å²) in [7, 11) is 0. The molecule has 1 spiro atoms. The Morgan fingerprint density at radius 1 is 1.24 bits per heavy atom. The van der Waals surface area contributed by atoms with Crippen LogP contribution in [0.5, 0.6) is 0 Å². The van der Waals surface area contributed by atoms with Crippen molar-refractivity contribution in [1.29, 1.82) is 0 Å². The van der Waals surface area contributed by atoms with E-state index in [1.807, 2.05) is 0 Å². The molecule has 0 bridgehead atoms. The van der Waals surface area contributed by atoms with Crippen molar-refractivity contribution in [2.45, 2.75) is 18.6 Å². The summed E-state index contributed by atoms with van der Waals surface area (Å²) in [4.78, 5) is 26.5. The van der Waals surface area contributed by atoms with Crippen molar-refractivity contribution in [2.75, 3.05) is 24.1 Å². The van der Waals surface area contributed by atoms with Gasteiger partial charge < -0.3 is 15.4 Å². The molecular weight excluding hydrogens is 475 g/mol. The molecule has 0 saturated carbocycles. The molecule has 3 N–H and O–H groups in total. The van der Waals surface area contributed by atoms with Crippen LogP contribution in [-0.4, -0.2) is 39.8 Å². The molecule has 12 heteroatoms. The Kier molecular flexibility index (Phi) is 5.16. The normalized spacial score (nSPS) is 19.2. The number of aromatic nitrogens is 2. The number of hydrogen-bond acceptors (Lipinski definition) is 5. The van der Waals surface area contributed by atoms with Gasteiger partial charge in [0, 0.05) is 30.7 Å². The fourth-order valence-corrected chi connectivity index (χ4v) is 4.52. The molecule has 2 aliphatic rings. The van der Waals surface area contributed by atoms with Crippen LogP contribution in [0.2, 0.25) is 5.02 Å². The topological polar surface area (TPSA) is 102 Å². The molecule has 8 nitrogen and oxygen atoms in total. The molecule has 0 aliphatic carbocycles. The van der Waals surface area contributed by atoms with Crippen molar-refractivity contribution in [2.24, 2.45) is 0 Å². The van der Waals surface area contributed by atoms with Crippen LogP contribution in [0.1, 0.15) is 12.0 Å². The fraction of sp³-hybridized carbons (Fsp3) is 0.227. The van der Waals surface area contributed by atoms with Crippen molar-refractivity contribution < 1.29 is 27.5 Å². The average Bonchev–Trinajstić information content (AvgIpc) is 3.34. The summed E-state index contributed by atoms with van der Waals surface area (Å²) in [5, 5.41) is 6.49. The van der Waals surface area contributed by atoms with Crippen LogP contribution in [0, 0.1) is 17.5 Å². The number of carbonyl (C=O) groups excluding carboxylic acids is 2. The van der Waals surface area contributed by atoms with Gasteiger partial charge in [0.05, 0.1) is 28.5 Å². The van der Waals surface area contributed by atoms with E-state index >= 15 is 0 Å². The van der Waals surface area contributed by atoms with E-state index in [0.29, 0.717) is 0 Å². The number of fused-ring (bicyclic) bond motifs is 2. The molecule has 2 aromatic carbocycles. The first-order valence-corrected chi connectivity index (χ1v) is 10.6. The maximum absolute atomic E-state index is 14.9. The molecule has 2 aliphatic heterocycles. The second kappa shape index (κ2) is 7.94. The van der Waals surface area contributed by atoms with Crippen LogP contribution in [0.15, 0.2) is 36.4 Å². The van der Waals surface area contributed by atoms with Gasteiger partial charge in [0.1, 0.15) is 24.0 Å². The monoisotopic (exact) mass is 491 g/mol. The summed E-state index contributed by atoms with van der Waals surface area (Å²) >= 11 is 5.94. The molecule has 1 aromatic heterocycles. The van der Waals surface area contributed by atoms with E-state index in [-0.39, 0.29) is 59.4 Å². The molecule has 3 aromatic rings. The number of likely N-dealkylation sites (tertiary alicyclic amines) is 1. The SMILES string of the molecule is Nc1cc(-c2ccc(F)cc2F)nn1CC(=O)N1CC[C@@]2(C1)OC(=O)Nc1ccc(Cl)c(F)c12. The average molecular weight is 492 g/mol. The van der Waals surface area contributed by atoms with Gasteiger partial charge in [0.25, 0.3) is 0 Å². The van der Waals surface area contributed by atoms with Crippen LogP contribution in [-0.2, 0) is 21.7 Å². The summed E-state index contributed by atoms with van der Waals surface area (Å²) in [5.41, 5.74) is 5.05. The highest BCUT2D eigenvalue weighted by molar-refractivity contribution is 6.31. The Labute approximate surface area is 196 Å². The number of halogens is 4. The van der Waals surface area contributed by atoms with Gasteiger partial charge >= 0.3 is 6.09 Å². The molecule has 0 radical (unpaired) electrons. The van der Waals surface area contributed by atoms with Crippen molar-refractivity contribution in [3.8, 4) is 11.3 Å². The van der Waals surface area contributed by atoms with Gasteiger partial charge in [-0.3, -0.25) is 10.1 Å². The maximum Gasteiger partial charge on any atom is 0.412 e. The lowest BCUT2D eigenvalue weighted by atomic mass is 9.89. The third-order valence-corrected chi connectivity index (χ3v) is 6.25. The summed E-state index contributed by atoms with van der Waals surface area (Å²) in [6.45, 7) is -0.204. The van der Waals surface area contributed by atoms with E-state index in [0.717, 1.165) is 12.1 Å². The number of hydrogen-bond donors (Lipinski definition) is 2. The summed E-state index contributed by atoms with van der Waals surface area (Å²) in [6, 6.07) is 7.22. The molecule has 34 heavy (non-hydrogen) atoms. The smallest absolute Gasteiger partial charge is 0.412 e. The zero-order valence-corrected chi connectivity index (χ0v) is 18.2. The van der Waals surface area contributed by atoms with Crippen LogP contribution in [0.3, 0.4) is 0 Å². The van der Waals surface area contributed by atoms with E-state index in [1.54, 1.807) is 0 Å². The van der Waals surface area contributed by atoms with Crippen molar-refractivity contribution in [3.63, 3.8) is 0 Å². The van der Waals surface area contributed by atoms with Crippen LogP contribution < -0.4 is 11.1 Å². The van der Waals surface area contributed by atoms with Gasteiger partial charge in [-0.25, -0.2) is 22.6 Å². The van der Waals surface area contributed by atoms with Crippen molar-refractivity contribution in [3.05, 3.63) is 64.4 Å². The quantitative estimate of drug-likeness (QED) is 0.578. The fourth-order valence-electron chi connectivity index (χ4n) is 4.36. The summed E-state index contributed by atoms with van der Waals surface area (Å²) in [5.74, 6) is -2.60. The van der Waals surface area contributed by atoms with Gasteiger partial charge in [-0.2, -0.15) is 5.10 Å². The second-order valence-electron chi connectivity index (χ2n) is 8.09. The van der Waals surface area contributed by atoms with Crippen LogP contribution in [0.25, 0.3) is 11.3 Å². The first-order chi connectivity index (χ1) is 16.2. The van der Waals surface area contributed by atoms with Crippen LogP contribution in [0.4, 0.5) is 29.5 Å². The third-order valence-electron chi connectivity index (χ3n) is 5.96. The summed E-state index contributed by atoms with van der Waals surface area (Å²) in [6.07, 6.45) is -0.595. The molecule has 1 atom stereocenters. The molecule has 1 saturated heterocycles. The molecular formula is C22H17ClF3N5O3. The number of ether oxygens (including phenoxy) is 1. The van der Waals surface area contributed by atoms with Crippen molar-refractivity contribution in [1.82, 2.24) is 14.7 Å². The van der Waals surface area contributed by atoms with Gasteiger partial charge in [0.2, 0.25) is 5.91 Å². The second-order valence-corrected chi connectivity index (χ2v) is 8.50. The highest BCUT2D eigenvalue weighted by Crippen LogP contribution is 2.45. The lowest BCUT2D eigenvalue weighted by Gasteiger charge is -2.35. The van der Waals surface area contributed by atoms with Crippen LogP contribution >= 0.6 is 11.6 Å². The minimum absolute atomic E-state index is 0.0324. The number of nitrogens with zero attached hydrogens (tertiary/aromatic N) is 3. The van der Waals surface area contributed by atoms with Gasteiger partial charge in [0.15, 0.2) is 11.4 Å². The molecule has 0 unspecified atom stereocenters. The predicted molar refractivity (Wildman–Crippen MR) is 116 cm³/mol. The Balaban J connectivity index is 1.38. The number of benzene rings is 2. The number of amides is 2. The zero-order valence-electron chi connectivity index (χ0n) is 17.4. The van der Waals surface area contributed by atoms with E-state index in [9.17, 15) is 22.8 Å². The van der Waals surface area contributed by atoms with Gasteiger partial charge in [-0.15, -0.1) is 0 Å². The van der Waals surface area contributed by atoms with Crippen molar-refractivity contribution >= 4 is 35.1 Å². The molecule has 3 heterocycles. The number of rotatable bonds is 3. The lowest BCUT2D eigenvalue weighted by molar-refractivity contribution is -0.132. The number of anilines is 2. The molecule has 2 amide bonds. The van der Waals surface area contributed by atoms with E-state index in [4.69, 9.17) is 22.1 Å². The van der Waals surface area contributed by atoms with Gasteiger partial charge in [-0.1, -0.05) is 11.6 Å². The lowest BCUT2D eigenvalue weighted by Crippen LogP contribution is -2.44. The predicted octanol–water partition coefficient (Wildman–Crippen LogP) is 3.89. The number of nitrogens with one attached hydrogen (secondary N) is 1. The third kappa shape index (κ3) is 3.61. The first-order valence-electron chi connectivity index (χ1n) is 10.2. The van der Waals surface area contributed by atoms with E-state index in [1.165, 1.54) is 33.8 Å². The Hall–Kier alpha value is -3.73. The molecule has 176 valence electrons. The maximum atomic E-state index is 14.9. The highest BCUT2D eigenvalue weighted by Gasteiger charge is 2.50. The minimum Gasteiger partial charge on any atom is -0.436 e. The standard InChI is InChI=1S/C22H17ClF3N5O3/c23-13-3-4-15-19(20(13)26)22(34-21(33)28-15)5-6-30(10-22)18(32)9-31-17(27)8-16(29-31)12-2-1-11(24)7-14(12)25/h1-4,7-8H,5-6,9-10,27H2,(H,28,33)/t22-/m0/s1. The molecule has 1 fully saturated rings. The summed E-state index contributed by atoms with van der Waals surface area (Å²) < 4.78 is 48.9. The minimum atomic E-state index is -1.39. The number of nitrogen functional groups attached to an aromatic ring is 1. The number of carbonyl (C=O) groups is 2. The Bertz CT molecular complexity index is 1350. The van der Waals surface area contributed by atoms with E-state index in [2.05, 4.69) is 10.4 Å². The number of nitrogens with two attached hydrogens (primary N) is 1. The Morgan fingerprint density at radius 2 is 2.03 bits per heavy atom. The van der Waals surface area contributed by atoms with Gasteiger partial charge in [-0.05, 0) is 24.3 Å².